The second kappa shape index (κ2) is 5.84. The Balaban J connectivity index is 2.45. The van der Waals surface area contributed by atoms with Gasteiger partial charge in [0.15, 0.2) is 0 Å². The Hall–Kier alpha value is -1.10. The van der Waals surface area contributed by atoms with Crippen LogP contribution in [-0.4, -0.2) is 60.9 Å². The van der Waals surface area contributed by atoms with Gasteiger partial charge in [0.2, 0.25) is 11.8 Å². The Kier molecular flexibility index (Phi) is 4.73. The Morgan fingerprint density at radius 3 is 2.81 bits per heavy atom. The van der Waals surface area contributed by atoms with Gasteiger partial charge in [-0.25, -0.2) is 0 Å². The summed E-state index contributed by atoms with van der Waals surface area (Å²) in [6.07, 6.45) is 0.801. The fourth-order valence-corrected chi connectivity index (χ4v) is 1.79. The SMILES string of the molecule is CCNC1CCN(CC(=O)N(C)CC)C1=O. The van der Waals surface area contributed by atoms with Gasteiger partial charge in [-0.15, -0.1) is 0 Å². The molecule has 1 saturated heterocycles. The van der Waals surface area contributed by atoms with Gasteiger partial charge >= 0.3 is 0 Å². The predicted molar refractivity (Wildman–Crippen MR) is 62.0 cm³/mol. The van der Waals surface area contributed by atoms with E-state index in [1.54, 1.807) is 16.8 Å². The third-order valence-electron chi connectivity index (χ3n) is 2.97. The molecule has 0 spiro atoms. The second-order valence-corrected chi connectivity index (χ2v) is 4.07. The van der Waals surface area contributed by atoms with Crippen molar-refractivity contribution in [3.63, 3.8) is 0 Å². The van der Waals surface area contributed by atoms with E-state index in [4.69, 9.17) is 0 Å². The van der Waals surface area contributed by atoms with Crippen molar-refractivity contribution in [3.8, 4) is 0 Å². The summed E-state index contributed by atoms with van der Waals surface area (Å²) in [7, 11) is 1.75. The molecule has 1 unspecified atom stereocenters. The molecule has 1 aliphatic heterocycles. The summed E-state index contributed by atoms with van der Waals surface area (Å²) in [5, 5.41) is 3.12. The van der Waals surface area contributed by atoms with Gasteiger partial charge in [0, 0.05) is 20.1 Å². The first kappa shape index (κ1) is 13.0. The number of nitrogens with one attached hydrogen (secondary N) is 1. The third kappa shape index (κ3) is 2.95. The van der Waals surface area contributed by atoms with E-state index in [9.17, 15) is 9.59 Å². The number of rotatable bonds is 5. The zero-order valence-electron chi connectivity index (χ0n) is 10.3. The van der Waals surface area contributed by atoms with E-state index in [2.05, 4.69) is 5.32 Å². The van der Waals surface area contributed by atoms with Gasteiger partial charge in [-0.2, -0.15) is 0 Å². The first-order valence-corrected chi connectivity index (χ1v) is 5.86. The summed E-state index contributed by atoms with van der Waals surface area (Å²) in [5.41, 5.74) is 0. The van der Waals surface area contributed by atoms with Gasteiger partial charge in [-0.3, -0.25) is 9.59 Å². The quantitative estimate of drug-likeness (QED) is 0.700. The Morgan fingerprint density at radius 2 is 2.25 bits per heavy atom. The molecule has 1 rings (SSSR count). The summed E-state index contributed by atoms with van der Waals surface area (Å²) in [6, 6.07) is -0.0928. The Labute approximate surface area is 96.8 Å². The monoisotopic (exact) mass is 227 g/mol. The number of hydrogen-bond donors (Lipinski definition) is 1. The lowest BCUT2D eigenvalue weighted by Crippen LogP contribution is -2.43. The molecule has 0 aromatic carbocycles. The predicted octanol–water partition coefficient (Wildman–Crippen LogP) is -0.325. The number of nitrogens with zero attached hydrogens (tertiary/aromatic N) is 2. The molecule has 1 atom stereocenters. The topological polar surface area (TPSA) is 52.7 Å². The van der Waals surface area contributed by atoms with Gasteiger partial charge in [0.05, 0.1) is 12.6 Å². The van der Waals surface area contributed by atoms with E-state index in [1.165, 1.54) is 0 Å². The van der Waals surface area contributed by atoms with Crippen molar-refractivity contribution in [1.29, 1.82) is 0 Å². The van der Waals surface area contributed by atoms with Crippen molar-refractivity contribution in [1.82, 2.24) is 15.1 Å². The fraction of sp³-hybridized carbons (Fsp3) is 0.818. The molecule has 0 aromatic rings. The van der Waals surface area contributed by atoms with E-state index >= 15 is 0 Å². The molecule has 5 nitrogen and oxygen atoms in total. The first-order valence-electron chi connectivity index (χ1n) is 5.86. The summed E-state index contributed by atoms with van der Waals surface area (Å²) in [6.45, 7) is 6.26. The number of likely N-dealkylation sites (N-methyl/N-ethyl adjacent to an activating group) is 2. The average molecular weight is 227 g/mol. The maximum Gasteiger partial charge on any atom is 0.241 e. The molecule has 0 aliphatic carbocycles. The zero-order chi connectivity index (χ0) is 12.1. The van der Waals surface area contributed by atoms with E-state index in [0.717, 1.165) is 13.0 Å². The summed E-state index contributed by atoms with van der Waals surface area (Å²) in [5.74, 6) is 0.0627. The zero-order valence-corrected chi connectivity index (χ0v) is 10.3. The fourth-order valence-electron chi connectivity index (χ4n) is 1.79. The molecule has 0 bridgehead atoms. The molecule has 5 heteroatoms. The molecular weight excluding hydrogens is 206 g/mol. The van der Waals surface area contributed by atoms with Crippen molar-refractivity contribution in [2.75, 3.05) is 33.2 Å². The number of likely N-dealkylation sites (tertiary alicyclic amines) is 1. The lowest BCUT2D eigenvalue weighted by atomic mass is 10.2. The van der Waals surface area contributed by atoms with Crippen LogP contribution >= 0.6 is 0 Å². The van der Waals surface area contributed by atoms with Crippen molar-refractivity contribution < 1.29 is 9.59 Å². The van der Waals surface area contributed by atoms with Gasteiger partial charge in [0.25, 0.3) is 0 Å². The second-order valence-electron chi connectivity index (χ2n) is 4.07. The van der Waals surface area contributed by atoms with Gasteiger partial charge in [-0.1, -0.05) is 6.92 Å². The van der Waals surface area contributed by atoms with Crippen LogP contribution in [0.4, 0.5) is 0 Å². The lowest BCUT2D eigenvalue weighted by molar-refractivity contribution is -0.138. The minimum atomic E-state index is -0.0928. The van der Waals surface area contributed by atoms with Crippen LogP contribution in [0.5, 0.6) is 0 Å². The Morgan fingerprint density at radius 1 is 1.56 bits per heavy atom. The minimum Gasteiger partial charge on any atom is -0.345 e. The highest BCUT2D eigenvalue weighted by Crippen LogP contribution is 2.10. The molecule has 1 heterocycles. The van der Waals surface area contributed by atoms with Crippen LogP contribution in [0.15, 0.2) is 0 Å². The summed E-state index contributed by atoms with van der Waals surface area (Å²) < 4.78 is 0. The van der Waals surface area contributed by atoms with Crippen LogP contribution in [0.1, 0.15) is 20.3 Å². The summed E-state index contributed by atoms with van der Waals surface area (Å²) >= 11 is 0. The third-order valence-corrected chi connectivity index (χ3v) is 2.97. The lowest BCUT2D eigenvalue weighted by Gasteiger charge is -2.20. The van der Waals surface area contributed by atoms with Crippen molar-refractivity contribution in [2.45, 2.75) is 26.3 Å². The summed E-state index contributed by atoms with van der Waals surface area (Å²) in [4.78, 5) is 26.8. The van der Waals surface area contributed by atoms with E-state index in [1.807, 2.05) is 13.8 Å². The Bertz CT molecular complexity index is 268. The van der Waals surface area contributed by atoms with Crippen LogP contribution in [0, 0.1) is 0 Å². The van der Waals surface area contributed by atoms with Crippen LogP contribution in [0.25, 0.3) is 0 Å². The molecule has 92 valence electrons. The number of hydrogen-bond acceptors (Lipinski definition) is 3. The smallest absolute Gasteiger partial charge is 0.241 e. The molecule has 1 fully saturated rings. The number of carbonyl (C=O) groups is 2. The number of amides is 2. The first-order chi connectivity index (χ1) is 7.60. The van der Waals surface area contributed by atoms with E-state index < -0.39 is 0 Å². The highest BCUT2D eigenvalue weighted by Gasteiger charge is 2.32. The largest absolute Gasteiger partial charge is 0.345 e. The molecule has 0 radical (unpaired) electrons. The van der Waals surface area contributed by atoms with Gasteiger partial charge < -0.3 is 15.1 Å². The van der Waals surface area contributed by atoms with Crippen LogP contribution < -0.4 is 5.32 Å². The maximum atomic E-state index is 11.8. The van der Waals surface area contributed by atoms with Crippen molar-refractivity contribution in [2.24, 2.45) is 0 Å². The van der Waals surface area contributed by atoms with Crippen molar-refractivity contribution >= 4 is 11.8 Å². The highest BCUT2D eigenvalue weighted by atomic mass is 16.2. The van der Waals surface area contributed by atoms with Gasteiger partial charge in [-0.05, 0) is 19.9 Å². The standard InChI is InChI=1S/C11H21N3O2/c1-4-12-9-6-7-14(11(9)16)8-10(15)13(3)5-2/h9,12H,4-8H2,1-3H3. The molecule has 16 heavy (non-hydrogen) atoms. The van der Waals surface area contributed by atoms with E-state index in [0.29, 0.717) is 13.1 Å². The molecule has 1 N–H and O–H groups in total. The molecule has 0 saturated carbocycles. The molecule has 0 aromatic heterocycles. The van der Waals surface area contributed by atoms with Crippen molar-refractivity contribution in [3.05, 3.63) is 0 Å². The van der Waals surface area contributed by atoms with Crippen LogP contribution in [-0.2, 0) is 9.59 Å². The minimum absolute atomic E-state index is 0.00741. The molecular formula is C11H21N3O2. The highest BCUT2D eigenvalue weighted by molar-refractivity contribution is 5.88. The average Bonchev–Trinajstić information content (AvgIpc) is 2.61. The van der Waals surface area contributed by atoms with Crippen LogP contribution in [0.3, 0.4) is 0 Å². The van der Waals surface area contributed by atoms with Gasteiger partial charge in [0.1, 0.15) is 0 Å². The molecule has 1 aliphatic rings. The number of carbonyl (C=O) groups excluding carboxylic acids is 2. The molecule has 2 amide bonds. The van der Waals surface area contributed by atoms with E-state index in [-0.39, 0.29) is 24.4 Å². The normalized spacial score (nSPS) is 20.3. The van der Waals surface area contributed by atoms with Crippen LogP contribution in [0.2, 0.25) is 0 Å². The maximum absolute atomic E-state index is 11.8.